The monoisotopic (exact) mass is 470 g/mol. The van der Waals surface area contributed by atoms with Crippen LogP contribution in [0.3, 0.4) is 0 Å². The number of hydrogen-bond donors (Lipinski definition) is 1. The van der Waals surface area contributed by atoms with Crippen LogP contribution >= 0.6 is 0 Å². The maximum Gasteiger partial charge on any atom is 0.353 e. The molecule has 2 aromatic rings. The SMILES string of the molecule is COC(=O)CN(Cc1cccc(CN2CCCC2)c1)c1nc(OCC2CC2)nc(N)c1[N+](=O)[O-]. The maximum atomic E-state index is 12.2. The van der Waals surface area contributed by atoms with E-state index in [1.165, 1.54) is 24.9 Å². The zero-order chi connectivity index (χ0) is 24.1. The molecule has 1 saturated carbocycles. The fraction of sp³-hybridized carbons (Fsp3) is 0.522. The molecule has 0 unspecified atom stereocenters. The first kappa shape index (κ1) is 23.7. The molecule has 2 heterocycles. The molecule has 0 atom stereocenters. The van der Waals surface area contributed by atoms with Crippen molar-refractivity contribution in [2.24, 2.45) is 5.92 Å². The highest BCUT2D eigenvalue weighted by molar-refractivity contribution is 5.78. The number of ether oxygens (including phenoxy) is 2. The number of carbonyl (C=O) groups is 1. The Kier molecular flexibility index (Phi) is 7.41. The van der Waals surface area contributed by atoms with Crippen molar-refractivity contribution in [2.75, 3.05) is 44.0 Å². The number of anilines is 2. The minimum absolute atomic E-state index is 0.0392. The van der Waals surface area contributed by atoms with E-state index in [0.717, 1.165) is 43.6 Å². The number of hydrogen-bond acceptors (Lipinski definition) is 10. The number of esters is 1. The lowest BCUT2D eigenvalue weighted by atomic mass is 10.1. The van der Waals surface area contributed by atoms with Crippen LogP contribution in [0.5, 0.6) is 6.01 Å². The summed E-state index contributed by atoms with van der Waals surface area (Å²) in [6.45, 7) is 3.37. The molecule has 0 bridgehead atoms. The van der Waals surface area contributed by atoms with E-state index in [-0.39, 0.29) is 30.7 Å². The van der Waals surface area contributed by atoms with Crippen molar-refractivity contribution in [3.8, 4) is 6.01 Å². The van der Waals surface area contributed by atoms with Crippen LogP contribution in [0.4, 0.5) is 17.3 Å². The molecule has 0 spiro atoms. The number of nitro groups is 1. The van der Waals surface area contributed by atoms with Crippen LogP contribution in [0.2, 0.25) is 0 Å². The van der Waals surface area contributed by atoms with Crippen molar-refractivity contribution in [1.82, 2.24) is 14.9 Å². The van der Waals surface area contributed by atoms with Crippen LogP contribution < -0.4 is 15.4 Å². The van der Waals surface area contributed by atoms with E-state index < -0.39 is 16.6 Å². The summed E-state index contributed by atoms with van der Waals surface area (Å²) in [5, 5.41) is 11.8. The summed E-state index contributed by atoms with van der Waals surface area (Å²) in [5.41, 5.74) is 7.50. The molecule has 1 aliphatic carbocycles. The van der Waals surface area contributed by atoms with Gasteiger partial charge < -0.3 is 20.1 Å². The third-order valence-corrected chi connectivity index (χ3v) is 6.02. The quantitative estimate of drug-likeness (QED) is 0.296. The predicted molar refractivity (Wildman–Crippen MR) is 125 cm³/mol. The van der Waals surface area contributed by atoms with E-state index in [9.17, 15) is 14.9 Å². The molecular formula is C23H30N6O5. The first-order valence-electron chi connectivity index (χ1n) is 11.5. The number of carbonyl (C=O) groups excluding carboxylic acids is 1. The average Bonchev–Trinajstić information content (AvgIpc) is 3.51. The predicted octanol–water partition coefficient (Wildman–Crippen LogP) is 2.53. The fourth-order valence-electron chi connectivity index (χ4n) is 4.05. The fourth-order valence-corrected chi connectivity index (χ4v) is 4.05. The molecule has 4 rings (SSSR count). The minimum Gasteiger partial charge on any atom is -0.468 e. The Balaban J connectivity index is 1.63. The first-order valence-corrected chi connectivity index (χ1v) is 11.5. The highest BCUT2D eigenvalue weighted by Crippen LogP contribution is 2.35. The lowest BCUT2D eigenvalue weighted by Gasteiger charge is -2.23. The van der Waals surface area contributed by atoms with Gasteiger partial charge in [0.1, 0.15) is 6.54 Å². The van der Waals surface area contributed by atoms with Crippen LogP contribution in [0, 0.1) is 16.0 Å². The molecule has 1 saturated heterocycles. The van der Waals surface area contributed by atoms with Gasteiger partial charge in [0.2, 0.25) is 11.6 Å². The number of likely N-dealkylation sites (tertiary alicyclic amines) is 1. The highest BCUT2D eigenvalue weighted by atomic mass is 16.6. The number of methoxy groups -OCH3 is 1. The summed E-state index contributed by atoms with van der Waals surface area (Å²) in [6, 6.07) is 7.93. The van der Waals surface area contributed by atoms with Crippen LogP contribution in [0.25, 0.3) is 0 Å². The zero-order valence-corrected chi connectivity index (χ0v) is 19.3. The molecular weight excluding hydrogens is 440 g/mol. The van der Waals surface area contributed by atoms with E-state index in [2.05, 4.69) is 20.9 Å². The highest BCUT2D eigenvalue weighted by Gasteiger charge is 2.30. The molecule has 11 nitrogen and oxygen atoms in total. The molecule has 11 heteroatoms. The van der Waals surface area contributed by atoms with Gasteiger partial charge in [-0.25, -0.2) is 0 Å². The smallest absolute Gasteiger partial charge is 0.353 e. The van der Waals surface area contributed by atoms with Crippen LogP contribution in [0.1, 0.15) is 36.8 Å². The van der Waals surface area contributed by atoms with Crippen molar-refractivity contribution < 1.29 is 19.2 Å². The molecule has 34 heavy (non-hydrogen) atoms. The van der Waals surface area contributed by atoms with E-state index in [4.69, 9.17) is 15.2 Å². The molecule has 0 amide bonds. The number of rotatable bonds is 11. The Labute approximate surface area is 198 Å². The molecule has 1 aromatic heterocycles. The van der Waals surface area contributed by atoms with Gasteiger partial charge in [-0.3, -0.25) is 19.8 Å². The van der Waals surface area contributed by atoms with Gasteiger partial charge in [-0.1, -0.05) is 24.3 Å². The average molecular weight is 471 g/mol. The summed E-state index contributed by atoms with van der Waals surface area (Å²) in [7, 11) is 1.27. The first-order chi connectivity index (χ1) is 16.4. The number of nitrogens with zero attached hydrogens (tertiary/aromatic N) is 5. The summed E-state index contributed by atoms with van der Waals surface area (Å²) in [6.07, 6.45) is 4.54. The van der Waals surface area contributed by atoms with Crippen molar-refractivity contribution in [1.29, 1.82) is 0 Å². The van der Waals surface area contributed by atoms with Crippen molar-refractivity contribution in [2.45, 2.75) is 38.8 Å². The normalized spacial score (nSPS) is 15.8. The lowest BCUT2D eigenvalue weighted by molar-refractivity contribution is -0.383. The maximum absolute atomic E-state index is 12.2. The van der Waals surface area contributed by atoms with Gasteiger partial charge in [-0.15, -0.1) is 0 Å². The van der Waals surface area contributed by atoms with Crippen LogP contribution in [-0.4, -0.2) is 59.1 Å². The third-order valence-electron chi connectivity index (χ3n) is 6.02. The van der Waals surface area contributed by atoms with Crippen molar-refractivity contribution in [3.05, 3.63) is 45.5 Å². The molecule has 1 aromatic carbocycles. The van der Waals surface area contributed by atoms with Gasteiger partial charge >= 0.3 is 17.7 Å². The summed E-state index contributed by atoms with van der Waals surface area (Å²) in [5.74, 6) is -0.495. The van der Waals surface area contributed by atoms with Gasteiger partial charge in [0.25, 0.3) is 0 Å². The summed E-state index contributed by atoms with van der Waals surface area (Å²) in [4.78, 5) is 35.6. The van der Waals surface area contributed by atoms with E-state index in [1.807, 2.05) is 18.2 Å². The summed E-state index contributed by atoms with van der Waals surface area (Å²) < 4.78 is 10.5. The molecule has 2 fully saturated rings. The van der Waals surface area contributed by atoms with E-state index in [0.29, 0.717) is 12.5 Å². The van der Waals surface area contributed by atoms with Crippen molar-refractivity contribution >= 4 is 23.3 Å². The third kappa shape index (κ3) is 6.10. The molecule has 2 N–H and O–H groups in total. The number of benzene rings is 1. The standard InChI is InChI=1S/C23H30N6O5/c1-33-19(30)14-28(13-18-6-4-5-17(11-18)12-27-9-2-3-10-27)22-20(29(31)32)21(24)25-23(26-22)34-15-16-7-8-16/h4-6,11,16H,2-3,7-10,12-15H2,1H3,(H2,24,25,26). The Morgan fingerprint density at radius 3 is 2.68 bits per heavy atom. The summed E-state index contributed by atoms with van der Waals surface area (Å²) >= 11 is 0. The van der Waals surface area contributed by atoms with Gasteiger partial charge in [0, 0.05) is 13.1 Å². The van der Waals surface area contributed by atoms with E-state index >= 15 is 0 Å². The Bertz CT molecular complexity index is 1040. The minimum atomic E-state index is -0.636. The van der Waals surface area contributed by atoms with Gasteiger partial charge in [-0.2, -0.15) is 9.97 Å². The van der Waals surface area contributed by atoms with Crippen LogP contribution in [-0.2, 0) is 22.6 Å². The molecule has 182 valence electrons. The zero-order valence-electron chi connectivity index (χ0n) is 19.3. The second kappa shape index (κ2) is 10.6. The van der Waals surface area contributed by atoms with Crippen molar-refractivity contribution in [3.63, 3.8) is 0 Å². The topological polar surface area (TPSA) is 137 Å². The van der Waals surface area contributed by atoms with Gasteiger partial charge in [-0.05, 0) is 55.8 Å². The molecule has 0 radical (unpaired) electrons. The Morgan fingerprint density at radius 1 is 1.26 bits per heavy atom. The number of nitrogens with two attached hydrogens (primary N) is 1. The Morgan fingerprint density at radius 2 is 2.00 bits per heavy atom. The largest absolute Gasteiger partial charge is 0.468 e. The second-order valence-electron chi connectivity index (χ2n) is 8.81. The second-order valence-corrected chi connectivity index (χ2v) is 8.81. The molecule has 2 aliphatic rings. The number of aromatic nitrogens is 2. The molecule has 1 aliphatic heterocycles. The Hall–Kier alpha value is -3.47. The lowest BCUT2D eigenvalue weighted by Crippen LogP contribution is -2.32. The van der Waals surface area contributed by atoms with Gasteiger partial charge in [0.05, 0.1) is 18.6 Å². The van der Waals surface area contributed by atoms with Crippen LogP contribution in [0.15, 0.2) is 24.3 Å². The number of nitrogen functional groups attached to an aromatic ring is 1. The van der Waals surface area contributed by atoms with Gasteiger partial charge in [0.15, 0.2) is 0 Å². The van der Waals surface area contributed by atoms with E-state index in [1.54, 1.807) is 0 Å².